The average Bonchev–Trinajstić information content (AvgIpc) is 3.29. The minimum absolute atomic E-state index is 0.0454. The van der Waals surface area contributed by atoms with Crippen LogP contribution in [0.5, 0.6) is 0 Å². The minimum Gasteiger partial charge on any atom is -0.345 e. The highest BCUT2D eigenvalue weighted by atomic mass is 16.2. The summed E-state index contributed by atoms with van der Waals surface area (Å²) in [5.41, 5.74) is 0.901. The summed E-state index contributed by atoms with van der Waals surface area (Å²) in [5.74, 6) is 0.585. The molecule has 1 aromatic heterocycles. The molecule has 2 aliphatic heterocycles. The number of para-hydroxylation sites is 1. The van der Waals surface area contributed by atoms with Crippen LogP contribution in [0.4, 0.5) is 5.95 Å². The summed E-state index contributed by atoms with van der Waals surface area (Å²) in [7, 11) is 1.75. The van der Waals surface area contributed by atoms with Crippen molar-refractivity contribution in [2.24, 2.45) is 5.92 Å². The number of carbonyl (C=O) groups is 2. The molecule has 9 nitrogen and oxygen atoms in total. The maximum atomic E-state index is 12.7. The van der Waals surface area contributed by atoms with Crippen LogP contribution >= 0.6 is 0 Å². The zero-order chi connectivity index (χ0) is 18.1. The van der Waals surface area contributed by atoms with E-state index in [4.69, 9.17) is 0 Å². The van der Waals surface area contributed by atoms with Gasteiger partial charge in [0.15, 0.2) is 0 Å². The Balaban J connectivity index is 1.41. The Labute approximate surface area is 151 Å². The summed E-state index contributed by atoms with van der Waals surface area (Å²) in [6.07, 6.45) is 0.321. The fraction of sp³-hybridized carbons (Fsp3) is 0.471. The van der Waals surface area contributed by atoms with Gasteiger partial charge in [-0.05, 0) is 22.6 Å². The van der Waals surface area contributed by atoms with Crippen LogP contribution in [0, 0.1) is 5.92 Å². The van der Waals surface area contributed by atoms with Crippen LogP contribution in [-0.2, 0) is 9.59 Å². The van der Waals surface area contributed by atoms with Crippen molar-refractivity contribution in [2.75, 3.05) is 44.7 Å². The zero-order valence-electron chi connectivity index (χ0n) is 14.7. The van der Waals surface area contributed by atoms with Gasteiger partial charge in [-0.3, -0.25) is 9.59 Å². The number of likely N-dealkylation sites (tertiary alicyclic amines) is 1. The maximum Gasteiger partial charge on any atom is 0.250 e. The fourth-order valence-corrected chi connectivity index (χ4v) is 3.53. The van der Waals surface area contributed by atoms with Crippen molar-refractivity contribution < 1.29 is 9.59 Å². The number of hydrogen-bond donors (Lipinski definition) is 0. The summed E-state index contributed by atoms with van der Waals surface area (Å²) in [5, 5.41) is 12.0. The van der Waals surface area contributed by atoms with Crippen LogP contribution < -0.4 is 4.90 Å². The molecule has 9 heteroatoms. The Bertz CT molecular complexity index is 798. The number of piperazine rings is 1. The summed E-state index contributed by atoms with van der Waals surface area (Å²) in [6.45, 7) is 3.05. The minimum atomic E-state index is -0.214. The predicted octanol–water partition coefficient (Wildman–Crippen LogP) is -0.211. The third kappa shape index (κ3) is 3.00. The number of rotatable bonds is 3. The molecule has 26 heavy (non-hydrogen) atoms. The highest BCUT2D eigenvalue weighted by Gasteiger charge is 2.36. The molecule has 2 saturated heterocycles. The average molecular weight is 355 g/mol. The molecule has 2 amide bonds. The zero-order valence-corrected chi connectivity index (χ0v) is 14.7. The molecule has 0 saturated carbocycles. The lowest BCUT2D eigenvalue weighted by molar-refractivity contribution is -0.136. The standard InChI is InChI=1S/C17H21N7O2/c1-21-12-13(11-15(21)25)16(26)22-7-9-23(10-8-22)17-18-19-20-24(17)14-5-3-2-4-6-14/h2-6,13H,7-12H2,1H3. The van der Waals surface area contributed by atoms with Crippen molar-refractivity contribution in [1.82, 2.24) is 30.0 Å². The van der Waals surface area contributed by atoms with Crippen LogP contribution in [0.3, 0.4) is 0 Å². The van der Waals surface area contributed by atoms with Crippen molar-refractivity contribution >= 4 is 17.8 Å². The molecule has 2 aliphatic rings. The van der Waals surface area contributed by atoms with Gasteiger partial charge < -0.3 is 14.7 Å². The highest BCUT2D eigenvalue weighted by molar-refractivity contribution is 5.89. The second-order valence-electron chi connectivity index (χ2n) is 6.71. The molecule has 0 bridgehead atoms. The van der Waals surface area contributed by atoms with Gasteiger partial charge in [0.2, 0.25) is 17.8 Å². The lowest BCUT2D eigenvalue weighted by Gasteiger charge is -2.35. The molecule has 2 fully saturated rings. The number of tetrazole rings is 1. The van der Waals surface area contributed by atoms with E-state index in [9.17, 15) is 9.59 Å². The van der Waals surface area contributed by atoms with Gasteiger partial charge in [0.05, 0.1) is 11.6 Å². The van der Waals surface area contributed by atoms with Gasteiger partial charge in [0.1, 0.15) is 0 Å². The summed E-state index contributed by atoms with van der Waals surface area (Å²) < 4.78 is 1.71. The van der Waals surface area contributed by atoms with Crippen LogP contribution in [0.1, 0.15) is 6.42 Å². The molecule has 0 spiro atoms. The molecule has 0 radical (unpaired) electrons. The first-order chi connectivity index (χ1) is 12.6. The Kier molecular flexibility index (Phi) is 4.27. The number of nitrogens with zero attached hydrogens (tertiary/aromatic N) is 7. The second kappa shape index (κ2) is 6.74. The number of aromatic nitrogens is 4. The van der Waals surface area contributed by atoms with E-state index >= 15 is 0 Å². The quantitative estimate of drug-likeness (QED) is 0.757. The topological polar surface area (TPSA) is 87.5 Å². The van der Waals surface area contributed by atoms with Gasteiger partial charge in [0.25, 0.3) is 0 Å². The molecule has 0 N–H and O–H groups in total. The van der Waals surface area contributed by atoms with Gasteiger partial charge >= 0.3 is 0 Å². The van der Waals surface area contributed by atoms with E-state index in [1.54, 1.807) is 16.6 Å². The monoisotopic (exact) mass is 355 g/mol. The Morgan fingerprint density at radius 3 is 2.50 bits per heavy atom. The van der Waals surface area contributed by atoms with E-state index in [0.29, 0.717) is 45.1 Å². The first kappa shape index (κ1) is 16.5. The van der Waals surface area contributed by atoms with E-state index in [0.717, 1.165) is 5.69 Å². The number of carbonyl (C=O) groups excluding carboxylic acids is 2. The molecule has 136 valence electrons. The molecule has 1 aromatic carbocycles. The van der Waals surface area contributed by atoms with E-state index in [-0.39, 0.29) is 17.7 Å². The molecular weight excluding hydrogens is 334 g/mol. The summed E-state index contributed by atoms with van der Waals surface area (Å²) in [4.78, 5) is 29.9. The summed E-state index contributed by atoms with van der Waals surface area (Å²) in [6, 6.07) is 9.73. The van der Waals surface area contributed by atoms with Crippen molar-refractivity contribution in [3.05, 3.63) is 30.3 Å². The number of benzene rings is 1. The van der Waals surface area contributed by atoms with Crippen molar-refractivity contribution in [3.63, 3.8) is 0 Å². The molecule has 1 atom stereocenters. The van der Waals surface area contributed by atoms with Crippen molar-refractivity contribution in [1.29, 1.82) is 0 Å². The van der Waals surface area contributed by atoms with E-state index in [1.807, 2.05) is 35.2 Å². The van der Waals surface area contributed by atoms with Gasteiger partial charge in [-0.1, -0.05) is 23.3 Å². The van der Waals surface area contributed by atoms with Crippen LogP contribution in [0.2, 0.25) is 0 Å². The Morgan fingerprint density at radius 1 is 1.12 bits per heavy atom. The van der Waals surface area contributed by atoms with Gasteiger partial charge in [-0.15, -0.1) is 0 Å². The fourth-order valence-electron chi connectivity index (χ4n) is 3.53. The van der Waals surface area contributed by atoms with Crippen LogP contribution in [-0.4, -0.2) is 81.6 Å². The third-order valence-electron chi connectivity index (χ3n) is 5.02. The Morgan fingerprint density at radius 2 is 1.85 bits per heavy atom. The van der Waals surface area contributed by atoms with Gasteiger partial charge in [-0.2, -0.15) is 4.68 Å². The molecule has 0 aliphatic carbocycles. The van der Waals surface area contributed by atoms with Crippen molar-refractivity contribution in [2.45, 2.75) is 6.42 Å². The molecular formula is C17H21N7O2. The molecule has 1 unspecified atom stereocenters. The molecule has 2 aromatic rings. The van der Waals surface area contributed by atoms with Crippen LogP contribution in [0.25, 0.3) is 5.69 Å². The van der Waals surface area contributed by atoms with Gasteiger partial charge in [0, 0.05) is 46.2 Å². The largest absolute Gasteiger partial charge is 0.345 e. The third-order valence-corrected chi connectivity index (χ3v) is 5.02. The molecule has 4 rings (SSSR count). The number of hydrogen-bond acceptors (Lipinski definition) is 6. The highest BCUT2D eigenvalue weighted by Crippen LogP contribution is 2.21. The first-order valence-electron chi connectivity index (χ1n) is 8.75. The maximum absolute atomic E-state index is 12.7. The Hall–Kier alpha value is -2.97. The van der Waals surface area contributed by atoms with E-state index < -0.39 is 0 Å². The number of anilines is 1. The predicted molar refractivity (Wildman–Crippen MR) is 93.7 cm³/mol. The van der Waals surface area contributed by atoms with Crippen LogP contribution in [0.15, 0.2) is 30.3 Å². The van der Waals surface area contributed by atoms with Gasteiger partial charge in [-0.25, -0.2) is 0 Å². The normalized spacial score (nSPS) is 20.7. The van der Waals surface area contributed by atoms with E-state index in [1.165, 1.54) is 0 Å². The summed E-state index contributed by atoms with van der Waals surface area (Å²) >= 11 is 0. The van der Waals surface area contributed by atoms with Crippen molar-refractivity contribution in [3.8, 4) is 5.69 Å². The second-order valence-corrected chi connectivity index (χ2v) is 6.71. The number of amides is 2. The smallest absolute Gasteiger partial charge is 0.250 e. The molecule has 3 heterocycles. The van der Waals surface area contributed by atoms with E-state index in [2.05, 4.69) is 20.4 Å². The first-order valence-corrected chi connectivity index (χ1v) is 8.75. The lowest BCUT2D eigenvalue weighted by atomic mass is 10.1. The lowest BCUT2D eigenvalue weighted by Crippen LogP contribution is -2.51. The SMILES string of the molecule is CN1CC(C(=O)N2CCN(c3nnnn3-c3ccccc3)CC2)CC1=O.